The summed E-state index contributed by atoms with van der Waals surface area (Å²) in [6.45, 7) is 25.4. The summed E-state index contributed by atoms with van der Waals surface area (Å²) in [5.41, 5.74) is 18.6. The summed E-state index contributed by atoms with van der Waals surface area (Å²) in [5, 5.41) is 0. The van der Waals surface area contributed by atoms with Gasteiger partial charge >= 0.3 is 295 Å². The maximum atomic E-state index is 8.68. The molecule has 0 aromatic heterocycles. The van der Waals surface area contributed by atoms with Crippen LogP contribution in [0.15, 0.2) is 83.9 Å². The molecule has 0 radical (unpaired) electrons. The number of rotatable bonds is 6. The zero-order valence-corrected chi connectivity index (χ0v) is 35.3. The second-order valence-electron chi connectivity index (χ2n) is 16.2. The van der Waals surface area contributed by atoms with Crippen molar-refractivity contribution in [2.75, 3.05) is 0 Å². The summed E-state index contributed by atoms with van der Waals surface area (Å²) in [5.74, 6) is -1.30. The second kappa shape index (κ2) is 12.1. The van der Waals surface area contributed by atoms with Gasteiger partial charge in [0.15, 0.2) is 0 Å². The molecule has 0 saturated heterocycles. The average molecular weight is 758 g/mol. The van der Waals surface area contributed by atoms with E-state index in [4.69, 9.17) is 17.0 Å². The van der Waals surface area contributed by atoms with Gasteiger partial charge in [0.1, 0.15) is 0 Å². The third-order valence-corrected chi connectivity index (χ3v) is 63.1. The molecule has 245 valence electrons. The Bertz CT molecular complexity index is 1930. The molecule has 0 heterocycles. The van der Waals surface area contributed by atoms with Gasteiger partial charge in [-0.15, -0.1) is 0 Å². The molecule has 0 nitrogen and oxygen atoms in total. The van der Waals surface area contributed by atoms with Crippen molar-refractivity contribution in [1.29, 1.82) is 0 Å². The first-order valence-electron chi connectivity index (χ1n) is 17.4. The molecule has 0 fully saturated rings. The van der Waals surface area contributed by atoms with Crippen LogP contribution in [0.2, 0.25) is 13.1 Å². The molecule has 0 spiro atoms. The van der Waals surface area contributed by atoms with Crippen molar-refractivity contribution in [3.8, 4) is 22.3 Å². The first-order valence-corrected chi connectivity index (χ1v) is 33.7. The Hall–Kier alpha value is -1.96. The Morgan fingerprint density at radius 2 is 1.32 bits per heavy atom. The van der Waals surface area contributed by atoms with Crippen molar-refractivity contribution in [3.05, 3.63) is 128 Å². The van der Waals surface area contributed by atoms with E-state index in [0.717, 1.165) is 0 Å². The fourth-order valence-electron chi connectivity index (χ4n) is 8.69. The molecule has 4 aromatic carbocycles. The van der Waals surface area contributed by atoms with Crippen LogP contribution in [-0.4, -0.2) is 5.92 Å². The van der Waals surface area contributed by atoms with E-state index in [1.807, 2.05) is 0 Å². The van der Waals surface area contributed by atoms with E-state index in [-0.39, 0.29) is 12.7 Å². The summed E-state index contributed by atoms with van der Waals surface area (Å²) >= 11 is -4.85. The molecule has 0 amide bonds. The van der Waals surface area contributed by atoms with Crippen molar-refractivity contribution in [2.24, 2.45) is 5.92 Å². The van der Waals surface area contributed by atoms with Crippen LogP contribution < -0.4 is 0 Å². The SMILES string of the molecule is CC1=Cc2c(-c3ccc(C(C)(C)C)cc3)ccc(C)c2[CH]1[Zr]([Cl])([Cl])([CH]1C(C(C)C)=Cc2c(-c3cc(C)cc(C)c3)cccc21)[SiH](C)C. The van der Waals surface area contributed by atoms with E-state index in [2.05, 4.69) is 160 Å². The van der Waals surface area contributed by atoms with Gasteiger partial charge in [-0.05, 0) is 0 Å². The van der Waals surface area contributed by atoms with E-state index in [1.165, 1.54) is 77.9 Å². The first kappa shape index (κ1) is 34.9. The van der Waals surface area contributed by atoms with Gasteiger partial charge in [0.2, 0.25) is 0 Å². The predicted octanol–water partition coefficient (Wildman–Crippen LogP) is 13.5. The number of hydrogen-bond acceptors (Lipinski definition) is 0. The Labute approximate surface area is 293 Å². The van der Waals surface area contributed by atoms with E-state index in [0.29, 0.717) is 5.92 Å². The number of benzene rings is 4. The summed E-state index contributed by atoms with van der Waals surface area (Å²) in [6.07, 6.45) is 4.93. The van der Waals surface area contributed by atoms with Gasteiger partial charge in [0.05, 0.1) is 0 Å². The van der Waals surface area contributed by atoms with Gasteiger partial charge in [-0.3, -0.25) is 0 Å². The minimum atomic E-state index is -4.85. The van der Waals surface area contributed by atoms with Crippen molar-refractivity contribution in [3.63, 3.8) is 0 Å². The van der Waals surface area contributed by atoms with Crippen molar-refractivity contribution in [2.45, 2.75) is 88.1 Å². The van der Waals surface area contributed by atoms with E-state index >= 15 is 0 Å². The Morgan fingerprint density at radius 1 is 0.702 bits per heavy atom. The summed E-state index contributed by atoms with van der Waals surface area (Å²) in [7, 11) is 17.4. The van der Waals surface area contributed by atoms with Gasteiger partial charge in [-0.25, -0.2) is 0 Å². The molecule has 0 aliphatic heterocycles. The third-order valence-electron chi connectivity index (χ3n) is 11.2. The van der Waals surface area contributed by atoms with E-state index in [1.54, 1.807) is 0 Å². The predicted molar refractivity (Wildman–Crippen MR) is 209 cm³/mol. The molecule has 2 aliphatic rings. The fraction of sp³-hybridized carbons (Fsp3) is 0.349. The molecular weight excluding hydrogens is 707 g/mol. The van der Waals surface area contributed by atoms with Gasteiger partial charge in [0, 0.05) is 0 Å². The second-order valence-corrected chi connectivity index (χ2v) is 58.7. The Kier molecular flexibility index (Phi) is 9.00. The van der Waals surface area contributed by atoms with Crippen LogP contribution in [0.25, 0.3) is 34.4 Å². The number of aryl methyl sites for hydroxylation is 3. The topological polar surface area (TPSA) is 0 Å². The summed E-state index contributed by atoms with van der Waals surface area (Å²) < 4.78 is 0.166. The fourth-order valence-corrected chi connectivity index (χ4v) is 40.9. The molecule has 2 unspecified atom stereocenters. The molecule has 2 atom stereocenters. The van der Waals surface area contributed by atoms with Crippen LogP contribution in [0.1, 0.15) is 93.3 Å². The van der Waals surface area contributed by atoms with Crippen molar-refractivity contribution >= 4 is 35.1 Å². The third kappa shape index (κ3) is 5.68. The van der Waals surface area contributed by atoms with Gasteiger partial charge in [-0.1, -0.05) is 0 Å². The molecule has 6 rings (SSSR count). The van der Waals surface area contributed by atoms with Gasteiger partial charge < -0.3 is 0 Å². The standard InChI is InChI=1S/C21H23.C20H21.C2H7Si.2ClH.Zr/c1-14-12-19-15(2)6-11-18(20(19)13-14)16-7-9-17(10-8-16)21(3,4)5;1-13(2)17-11-16-6-5-7-19(20(16)12-17)18-9-14(3)8-15(4)10-18;1-3-2;;;/h6-13H,1-5H3;5-13H,1-4H3;3H,1-2H3;2*1H;/q;;;;;+2/p-2. The van der Waals surface area contributed by atoms with Crippen LogP contribution in [0.3, 0.4) is 0 Å². The average Bonchev–Trinajstić information content (AvgIpc) is 3.57. The van der Waals surface area contributed by atoms with E-state index < -0.39 is 21.5 Å². The van der Waals surface area contributed by atoms with Crippen LogP contribution in [-0.2, 0) is 21.0 Å². The summed E-state index contributed by atoms with van der Waals surface area (Å²) in [6, 6.07) is 27.6. The zero-order chi connectivity index (χ0) is 34.2. The quantitative estimate of drug-likeness (QED) is 0.172. The van der Waals surface area contributed by atoms with Crippen LogP contribution in [0, 0.1) is 26.7 Å². The molecule has 2 aliphatic carbocycles. The molecule has 0 bridgehead atoms. The molecule has 4 aromatic rings. The van der Waals surface area contributed by atoms with Crippen molar-refractivity contribution < 1.29 is 15.6 Å². The first-order chi connectivity index (χ1) is 21.9. The minimum absolute atomic E-state index is 0.0817. The van der Waals surface area contributed by atoms with Gasteiger partial charge in [-0.2, -0.15) is 0 Å². The van der Waals surface area contributed by atoms with Crippen LogP contribution >= 0.6 is 17.0 Å². The van der Waals surface area contributed by atoms with Gasteiger partial charge in [0.25, 0.3) is 0 Å². The van der Waals surface area contributed by atoms with Crippen LogP contribution in [0.5, 0.6) is 0 Å². The normalized spacial score (nSPS) is 18.6. The molecule has 4 heteroatoms. The number of halogens is 2. The van der Waals surface area contributed by atoms with Crippen molar-refractivity contribution in [1.82, 2.24) is 0 Å². The zero-order valence-electron chi connectivity index (χ0n) is 30.1. The van der Waals surface area contributed by atoms with Crippen LogP contribution in [0.4, 0.5) is 0 Å². The number of fused-ring (bicyclic) bond motifs is 2. The molecule has 0 saturated carbocycles. The number of allylic oxidation sites excluding steroid dienone is 2. The maximum absolute atomic E-state index is 8.68. The molecular formula is C43H51Cl2SiZr. The molecule has 0 N–H and O–H groups in total. The summed E-state index contributed by atoms with van der Waals surface area (Å²) in [4.78, 5) is 0. The number of hydrogen-bond donors (Lipinski definition) is 0. The Balaban J connectivity index is 1.57. The van der Waals surface area contributed by atoms with E-state index in [9.17, 15) is 0 Å². The molecule has 47 heavy (non-hydrogen) atoms. The Morgan fingerprint density at radius 3 is 1.89 bits per heavy atom. The monoisotopic (exact) mass is 755 g/mol.